The first-order chi connectivity index (χ1) is 57.1. The van der Waals surface area contributed by atoms with Crippen LogP contribution in [-0.2, 0) is 44.5 Å². The van der Waals surface area contributed by atoms with Gasteiger partial charge in [-0.3, -0.25) is 4.79 Å². The van der Waals surface area contributed by atoms with Crippen LogP contribution in [0.15, 0.2) is 128 Å². The molecule has 6 N–H and O–H groups in total. The van der Waals surface area contributed by atoms with Gasteiger partial charge in [0, 0.05) is 90.9 Å². The zero-order valence-electron chi connectivity index (χ0n) is 66.7. The number of rotatable bonds is 21. The maximum absolute atomic E-state index is 14.7. The number of aliphatic hydroxyl groups is 2. The third-order valence-electron chi connectivity index (χ3n) is 20.4. The van der Waals surface area contributed by atoms with Crippen molar-refractivity contribution in [3.63, 3.8) is 0 Å². The number of aromatic carboxylic acids is 1. The third-order valence-corrected chi connectivity index (χ3v) is 24.6. The van der Waals surface area contributed by atoms with E-state index in [-0.39, 0.29) is 97.0 Å². The number of nitrogens with zero attached hydrogens (tertiary/aromatic N) is 19. The highest BCUT2D eigenvalue weighted by molar-refractivity contribution is 7.85. The van der Waals surface area contributed by atoms with Gasteiger partial charge in [0.1, 0.15) is 62.1 Å². The van der Waals surface area contributed by atoms with Gasteiger partial charge < -0.3 is 56.9 Å². The number of aliphatic hydroxyl groups excluding tert-OH is 2. The van der Waals surface area contributed by atoms with E-state index in [4.69, 9.17) is 71.7 Å². The molecule has 30 nitrogen and oxygen atoms in total. The van der Waals surface area contributed by atoms with E-state index in [1.165, 1.54) is 95.0 Å². The molecule has 0 spiro atoms. The lowest BCUT2D eigenvalue weighted by Gasteiger charge is -2.31. The van der Waals surface area contributed by atoms with Crippen LogP contribution in [0.3, 0.4) is 0 Å². The summed E-state index contributed by atoms with van der Waals surface area (Å²) < 4.78 is 110. The van der Waals surface area contributed by atoms with Gasteiger partial charge in [-0.1, -0.05) is 63.8 Å². The largest absolute Gasteiger partial charge is 0.476 e. The number of carbonyl (C=O) groups excluding carboxylic acids is 1. The van der Waals surface area contributed by atoms with Crippen LogP contribution in [0.4, 0.5) is 17.6 Å². The van der Waals surface area contributed by atoms with Crippen molar-refractivity contribution in [2.24, 2.45) is 22.0 Å². The molecule has 121 heavy (non-hydrogen) atoms. The van der Waals surface area contributed by atoms with Gasteiger partial charge in [0.15, 0.2) is 34.7 Å². The summed E-state index contributed by atoms with van der Waals surface area (Å²) in [5.74, 6) is -2.57. The van der Waals surface area contributed by atoms with Crippen LogP contribution < -0.4 is 10.5 Å². The summed E-state index contributed by atoms with van der Waals surface area (Å²) in [7, 11) is -2.67. The number of ether oxygens (including phenoxy) is 2. The second kappa shape index (κ2) is 36.9. The third kappa shape index (κ3) is 19.9. The fourth-order valence-electron chi connectivity index (χ4n) is 13.4. The Morgan fingerprint density at radius 2 is 0.992 bits per heavy atom. The van der Waals surface area contributed by atoms with Crippen molar-refractivity contribution >= 4 is 132 Å². The van der Waals surface area contributed by atoms with Gasteiger partial charge in [-0.05, 0) is 140 Å². The van der Waals surface area contributed by atoms with Crippen molar-refractivity contribution in [1.29, 1.82) is 0 Å². The van der Waals surface area contributed by atoms with Gasteiger partial charge >= 0.3 is 5.97 Å². The van der Waals surface area contributed by atoms with Gasteiger partial charge in [0.05, 0.1) is 164 Å². The molecule has 0 amide bonds. The molecule has 2 saturated carbocycles. The van der Waals surface area contributed by atoms with E-state index in [0.29, 0.717) is 96.5 Å². The second-order valence-corrected chi connectivity index (χ2v) is 37.5. The Hall–Kier alpha value is -9.54. The molecule has 2 aliphatic carbocycles. The van der Waals surface area contributed by atoms with E-state index >= 15 is 0 Å². The smallest absolute Gasteiger partial charge is 0.358 e. The summed E-state index contributed by atoms with van der Waals surface area (Å²) in [5.41, 5.74) is 15.7. The lowest BCUT2D eigenvalue weighted by atomic mass is 9.93. The number of pyridine rings is 6. The molecule has 7 unspecified atom stereocenters. The first-order valence-corrected chi connectivity index (χ1v) is 42.1. The number of ketones is 1. The van der Waals surface area contributed by atoms with Crippen molar-refractivity contribution in [2.45, 2.75) is 159 Å². The minimum absolute atomic E-state index is 0. The zero-order valence-corrected chi connectivity index (χ0v) is 72.2. The van der Waals surface area contributed by atoms with Gasteiger partial charge in [-0.25, -0.2) is 74.8 Å². The average Bonchev–Trinajstić information content (AvgIpc) is 1.62. The summed E-state index contributed by atoms with van der Waals surface area (Å²) in [6.45, 7) is 19.2. The number of nitrogens with one attached hydrogen (secondary N) is 1. The molecule has 4 fully saturated rings. The van der Waals surface area contributed by atoms with Crippen LogP contribution in [-0.4, -0.2) is 164 Å². The summed E-state index contributed by atoms with van der Waals surface area (Å²) in [6, 6.07) is 9.36. The Bertz CT molecular complexity index is 6260. The Labute approximate surface area is 721 Å². The predicted molar refractivity (Wildman–Crippen MR) is 451 cm³/mol. The molecule has 2 aliphatic heterocycles. The number of imidazole rings is 6. The molecule has 640 valence electrons. The highest BCUT2D eigenvalue weighted by atomic mass is 35.5. The van der Waals surface area contributed by atoms with Crippen LogP contribution in [0.25, 0.3) is 33.4 Å². The van der Waals surface area contributed by atoms with E-state index < -0.39 is 72.9 Å². The Morgan fingerprint density at radius 1 is 0.587 bits per heavy atom. The summed E-state index contributed by atoms with van der Waals surface area (Å²) in [4.78, 5) is 50.1. The van der Waals surface area contributed by atoms with Crippen LogP contribution in [0.2, 0.25) is 20.1 Å². The molecule has 4 aliphatic rings. The van der Waals surface area contributed by atoms with Gasteiger partial charge in [0.2, 0.25) is 0 Å². The molecule has 0 aromatic carbocycles. The highest BCUT2D eigenvalue weighted by Gasteiger charge is 2.36. The summed E-state index contributed by atoms with van der Waals surface area (Å²) >= 11 is 23.2. The molecule has 41 heteroatoms. The first kappa shape index (κ1) is 89.2. The Morgan fingerprint density at radius 3 is 1.40 bits per heavy atom. The number of carboxylic acids is 1. The number of carbonyl (C=O) groups is 2. The highest BCUT2D eigenvalue weighted by Crippen LogP contribution is 2.44. The monoisotopic (exact) mass is 1800 g/mol. The molecule has 14 aromatic rings. The van der Waals surface area contributed by atoms with Crippen molar-refractivity contribution in [3.8, 4) is 0 Å². The molecule has 0 bridgehead atoms. The van der Waals surface area contributed by atoms with E-state index in [1.54, 1.807) is 62.7 Å². The van der Waals surface area contributed by atoms with Crippen molar-refractivity contribution in [2.75, 3.05) is 26.4 Å². The van der Waals surface area contributed by atoms with E-state index in [1.807, 2.05) is 69.7 Å². The quantitative estimate of drug-likeness (QED) is 0.0253. The van der Waals surface area contributed by atoms with Crippen LogP contribution in [0.1, 0.15) is 214 Å². The molecule has 16 heterocycles. The van der Waals surface area contributed by atoms with Crippen LogP contribution in [0, 0.1) is 35.1 Å². The number of nitrogens with two attached hydrogens (primary N) is 1. The maximum atomic E-state index is 14.7. The molecule has 0 radical (unpaired) electrons. The van der Waals surface area contributed by atoms with Crippen molar-refractivity contribution in [1.82, 2.24) is 91.0 Å². The van der Waals surface area contributed by atoms with Crippen LogP contribution >= 0.6 is 58.8 Å². The standard InChI is InChI=1S/C28H27ClFN7O3.C18H19N5O4.C13H17ClFN3OS.C12H13ClFN3OS.C9H9ClFN3.ClH/c1-15(25-26-24(30)21(29)4-5-35(26)14-31-25)6-23(38)22-11-37(34-33-22)10-19-9-36-8-17(16-2-3-16)7-20(28(36)32-19)27(39)18-12-40-13-18;24-16(12-8-27-9-12)14-3-11(10-1-2-10)4-22-5-13(19-17(14)22)6-23-7-15(18(25)26)20-21-23;1-8(17-20(19)13(2,3)4)11-12-10(15)9(14)5-6-18(12)7-16-11;1-12(2,3)19(18)16-6-9-11-10(14)8(13)4-5-17(11)7-15-9;1-5(12)8-9-7(11)6(10)2-3-14(9)4-13-8;/h4-5,7-9,11,14-16,18,27,39H,2-3,6,10,12-13H2,1H3;3-5,7,10,12,16,24H,1-2,6,8-9H2,(H,25,26);5-8,17H,1-4H3;4-7H,1-3H3;2-5H,12H2,1H3;1H. The molecule has 2 saturated heterocycles. The van der Waals surface area contributed by atoms with E-state index in [0.717, 1.165) is 35.4 Å². The normalized spacial score (nSPS) is 16.3. The number of Topliss-reactive ketones (excluding diaryl/α,β-unsaturated/α-hetero) is 1. The molecular weight excluding hydrogens is 1720 g/mol. The number of hydrogen-bond acceptors (Lipinski definition) is 19. The Balaban J connectivity index is 0.000000137. The number of carboxylic acid groups (broad SMARTS) is 1. The number of hydrogen-bond donors (Lipinski definition) is 5. The van der Waals surface area contributed by atoms with Gasteiger partial charge in [-0.2, -0.15) is 4.40 Å². The zero-order chi connectivity index (χ0) is 85.7. The first-order valence-electron chi connectivity index (χ1n) is 38.3. The lowest BCUT2D eigenvalue weighted by molar-refractivity contribution is -0.0922. The topological polar surface area (TPSA) is 363 Å². The molecule has 7 atom stereocenters. The summed E-state index contributed by atoms with van der Waals surface area (Å²) in [5, 5.41) is 46.6. The Kier molecular flexibility index (Phi) is 27.2. The molecule has 14 aromatic heterocycles. The molecule has 18 rings (SSSR count). The van der Waals surface area contributed by atoms with Crippen molar-refractivity contribution < 1.29 is 60.4 Å². The second-order valence-electron chi connectivity index (χ2n) is 31.9. The van der Waals surface area contributed by atoms with E-state index in [2.05, 4.69) is 79.2 Å². The van der Waals surface area contributed by atoms with Gasteiger partial charge in [0.25, 0.3) is 0 Å². The van der Waals surface area contributed by atoms with Gasteiger partial charge in [-0.15, -0.1) is 22.6 Å². The number of halogens is 9. The number of aromatic nitrogens is 18. The average molecular weight is 1800 g/mol. The SMILES string of the molecule is CC(C)(C)S(=O)N=Cc1ncn2ccc(Cl)c(F)c12.CC(CC(=O)c1cn(Cc2cn3cc(C4CC4)cc(C(O)C4COC4)c3n2)nn1)c1ncn2ccc(Cl)c(F)c12.CC(N)c1ncn2ccc(Cl)c(F)c12.CC(NS(=O)C(C)(C)C)c1ncn2ccc(Cl)c(F)c12.Cl.O=C(O)c1cn(Cc2cn3cc(C4CC4)cc(C(O)C4COC4)c3n2)nn1. The minimum Gasteiger partial charge on any atom is -0.476 e. The maximum Gasteiger partial charge on any atom is 0.358 e. The lowest BCUT2D eigenvalue weighted by Crippen LogP contribution is -2.35. The fraction of sp³-hybridized carbons (Fsp3) is 0.388. The number of fused-ring (bicyclic) bond motifs is 6. The van der Waals surface area contributed by atoms with Crippen LogP contribution in [0.5, 0.6) is 0 Å². The van der Waals surface area contributed by atoms with Crippen molar-refractivity contribution in [3.05, 3.63) is 235 Å². The molecular formula is C80H86Cl5F4N21O9S2. The fourth-order valence-corrected chi connectivity index (χ4v) is 15.3. The predicted octanol–water partition coefficient (Wildman–Crippen LogP) is 14.4. The summed E-state index contributed by atoms with van der Waals surface area (Å²) in [6.07, 6.45) is 28.3. The minimum atomic E-state index is -1.41. The van der Waals surface area contributed by atoms with E-state index in [9.17, 15) is 45.8 Å².